The highest BCUT2D eigenvalue weighted by molar-refractivity contribution is 7.89. The number of sulfonamides is 1. The number of carbonyl (C=O) groups is 3. The van der Waals surface area contributed by atoms with Crippen molar-refractivity contribution in [2.45, 2.75) is 24.5 Å². The molecule has 0 aliphatic carbocycles. The van der Waals surface area contributed by atoms with E-state index in [9.17, 15) is 22.8 Å². The number of rotatable bonds is 8. The quantitative estimate of drug-likeness (QED) is 0.447. The van der Waals surface area contributed by atoms with Crippen LogP contribution >= 0.6 is 0 Å². The lowest BCUT2D eigenvalue weighted by molar-refractivity contribution is -0.141. The van der Waals surface area contributed by atoms with Gasteiger partial charge in [-0.25, -0.2) is 17.9 Å². The lowest BCUT2D eigenvalue weighted by Gasteiger charge is -2.35. The summed E-state index contributed by atoms with van der Waals surface area (Å²) in [7, 11) is -3.88. The summed E-state index contributed by atoms with van der Waals surface area (Å²) >= 11 is 0. The number of piperazine rings is 1. The van der Waals surface area contributed by atoms with E-state index in [4.69, 9.17) is 9.15 Å². The highest BCUT2D eigenvalue weighted by Gasteiger charge is 2.30. The van der Waals surface area contributed by atoms with Gasteiger partial charge in [0.05, 0.1) is 16.7 Å². The van der Waals surface area contributed by atoms with Gasteiger partial charge in [0, 0.05) is 32.7 Å². The Bertz CT molecular complexity index is 1350. The smallest absolute Gasteiger partial charge is 0.338 e. The van der Waals surface area contributed by atoms with Crippen molar-refractivity contribution in [1.29, 1.82) is 0 Å². The molecule has 1 unspecified atom stereocenters. The molecule has 0 saturated carbocycles. The molecule has 0 bridgehead atoms. The first-order chi connectivity index (χ1) is 17.7. The Labute approximate surface area is 214 Å². The van der Waals surface area contributed by atoms with Gasteiger partial charge in [0.2, 0.25) is 10.0 Å². The Morgan fingerprint density at radius 3 is 2.32 bits per heavy atom. The molecule has 1 atom stereocenters. The normalized spacial score (nSPS) is 14.7. The van der Waals surface area contributed by atoms with E-state index >= 15 is 0 Å². The Morgan fingerprint density at radius 2 is 1.65 bits per heavy atom. The summed E-state index contributed by atoms with van der Waals surface area (Å²) in [6.07, 6.45) is 0.339. The number of esters is 1. The van der Waals surface area contributed by atoms with Crippen LogP contribution in [0.1, 0.15) is 33.4 Å². The second kappa shape index (κ2) is 11.4. The molecule has 2 amide bonds. The molecular formula is C26H27N3O7S. The minimum Gasteiger partial charge on any atom is -0.459 e. The van der Waals surface area contributed by atoms with Gasteiger partial charge in [0.1, 0.15) is 0 Å². The van der Waals surface area contributed by atoms with E-state index in [0.29, 0.717) is 13.1 Å². The van der Waals surface area contributed by atoms with Crippen LogP contribution < -0.4 is 4.72 Å². The Hall–Kier alpha value is -3.96. The van der Waals surface area contributed by atoms with Gasteiger partial charge in [-0.1, -0.05) is 36.4 Å². The van der Waals surface area contributed by atoms with Gasteiger partial charge in [-0.05, 0) is 42.8 Å². The van der Waals surface area contributed by atoms with Crippen LogP contribution in [0, 0.1) is 0 Å². The summed E-state index contributed by atoms with van der Waals surface area (Å²) in [5.74, 6) is -1.22. The van der Waals surface area contributed by atoms with E-state index in [2.05, 4.69) is 4.72 Å². The minimum absolute atomic E-state index is 0.0103. The summed E-state index contributed by atoms with van der Waals surface area (Å²) in [5, 5.41) is 0. The average Bonchev–Trinajstić information content (AvgIpc) is 3.47. The molecule has 37 heavy (non-hydrogen) atoms. The van der Waals surface area contributed by atoms with Crippen LogP contribution in [0.15, 0.2) is 82.3 Å². The van der Waals surface area contributed by atoms with E-state index in [0.717, 1.165) is 5.56 Å². The molecule has 1 aliphatic heterocycles. The molecule has 1 saturated heterocycles. The molecule has 1 N–H and O–H groups in total. The van der Waals surface area contributed by atoms with Gasteiger partial charge >= 0.3 is 5.97 Å². The lowest BCUT2D eigenvalue weighted by atomic mass is 10.2. The van der Waals surface area contributed by atoms with Crippen LogP contribution in [0.25, 0.3) is 0 Å². The molecule has 1 aromatic heterocycles. The number of amides is 2. The fraction of sp³-hybridized carbons (Fsp3) is 0.269. The monoisotopic (exact) mass is 525 g/mol. The summed E-state index contributed by atoms with van der Waals surface area (Å²) in [5.41, 5.74) is 0.802. The molecule has 1 aliphatic rings. The molecule has 3 aromatic rings. The van der Waals surface area contributed by atoms with Crippen LogP contribution in [0.4, 0.5) is 0 Å². The van der Waals surface area contributed by atoms with E-state index in [1.165, 1.54) is 42.4 Å². The number of hydrogen-bond acceptors (Lipinski definition) is 7. The van der Waals surface area contributed by atoms with E-state index in [1.807, 2.05) is 18.2 Å². The van der Waals surface area contributed by atoms with Gasteiger partial charge in [-0.15, -0.1) is 0 Å². The first-order valence-corrected chi connectivity index (χ1v) is 13.2. The number of benzene rings is 2. The molecule has 11 heteroatoms. The van der Waals surface area contributed by atoms with Crippen molar-refractivity contribution in [1.82, 2.24) is 14.5 Å². The highest BCUT2D eigenvalue weighted by Crippen LogP contribution is 2.16. The summed E-state index contributed by atoms with van der Waals surface area (Å²) in [6.45, 7) is 2.78. The second-order valence-corrected chi connectivity index (χ2v) is 10.2. The number of nitrogens with one attached hydrogen (secondary N) is 1. The highest BCUT2D eigenvalue weighted by atomic mass is 32.2. The van der Waals surface area contributed by atoms with Crippen LogP contribution in [0.2, 0.25) is 0 Å². The fourth-order valence-corrected chi connectivity index (χ4v) is 4.93. The van der Waals surface area contributed by atoms with Crippen molar-refractivity contribution in [2.24, 2.45) is 0 Å². The molecule has 4 rings (SSSR count). The molecule has 0 spiro atoms. The second-order valence-electron chi connectivity index (χ2n) is 8.48. The third kappa shape index (κ3) is 6.43. The van der Waals surface area contributed by atoms with E-state index in [1.54, 1.807) is 29.2 Å². The third-order valence-corrected chi connectivity index (χ3v) is 7.33. The zero-order valence-corrected chi connectivity index (χ0v) is 21.0. The minimum atomic E-state index is -3.88. The molecule has 194 valence electrons. The number of hydrogen-bond donors (Lipinski definition) is 1. The average molecular weight is 526 g/mol. The molecule has 0 radical (unpaired) electrons. The van der Waals surface area contributed by atoms with E-state index in [-0.39, 0.29) is 41.8 Å². The van der Waals surface area contributed by atoms with Crippen molar-refractivity contribution in [3.8, 4) is 0 Å². The zero-order valence-electron chi connectivity index (χ0n) is 20.2. The third-order valence-electron chi connectivity index (χ3n) is 5.93. The van der Waals surface area contributed by atoms with Gasteiger partial charge in [-0.3, -0.25) is 9.59 Å². The summed E-state index contributed by atoms with van der Waals surface area (Å²) in [4.78, 5) is 41.0. The van der Waals surface area contributed by atoms with Crippen molar-refractivity contribution in [3.63, 3.8) is 0 Å². The van der Waals surface area contributed by atoms with E-state index < -0.39 is 28.0 Å². The van der Waals surface area contributed by atoms with Crippen LogP contribution in [-0.2, 0) is 26.1 Å². The number of ether oxygens (including phenoxy) is 1. The standard InChI is InChI=1S/C26H27N3O7S/c1-19(24(30)28-12-14-29(15-13-28)25(31)23-11-6-16-35-23)36-26(32)21-9-5-10-22(17-21)37(33,34)27-18-20-7-3-2-4-8-20/h2-11,16-17,19,27H,12-15,18H2,1H3. The fourth-order valence-electron chi connectivity index (χ4n) is 3.87. The van der Waals surface area contributed by atoms with Crippen LogP contribution in [0.3, 0.4) is 0 Å². The van der Waals surface area contributed by atoms with Crippen molar-refractivity contribution < 1.29 is 32.0 Å². The van der Waals surface area contributed by atoms with Crippen molar-refractivity contribution in [2.75, 3.05) is 26.2 Å². The largest absolute Gasteiger partial charge is 0.459 e. The Balaban J connectivity index is 1.32. The van der Waals surface area contributed by atoms with Crippen LogP contribution in [0.5, 0.6) is 0 Å². The molecule has 2 aromatic carbocycles. The van der Waals surface area contributed by atoms with Crippen molar-refractivity contribution >= 4 is 27.8 Å². The Morgan fingerprint density at radius 1 is 0.946 bits per heavy atom. The van der Waals surface area contributed by atoms with Crippen LogP contribution in [-0.4, -0.2) is 68.3 Å². The number of furan rings is 1. The van der Waals surface area contributed by atoms with Gasteiger partial charge < -0.3 is 19.0 Å². The molecule has 2 heterocycles. The molecule has 10 nitrogen and oxygen atoms in total. The predicted molar refractivity (Wildman–Crippen MR) is 133 cm³/mol. The lowest BCUT2D eigenvalue weighted by Crippen LogP contribution is -2.53. The Kier molecular flexibility index (Phi) is 8.04. The molecule has 1 fully saturated rings. The maximum absolute atomic E-state index is 12.8. The molecular weight excluding hydrogens is 498 g/mol. The SMILES string of the molecule is CC(OC(=O)c1cccc(S(=O)(=O)NCc2ccccc2)c1)C(=O)N1CCN(C(=O)c2ccco2)CC1. The van der Waals surface area contributed by atoms with Gasteiger partial charge in [-0.2, -0.15) is 0 Å². The summed E-state index contributed by atoms with van der Waals surface area (Å²) < 4.78 is 38.4. The summed E-state index contributed by atoms with van der Waals surface area (Å²) in [6, 6.07) is 17.7. The number of nitrogens with zero attached hydrogens (tertiary/aromatic N) is 2. The maximum atomic E-state index is 12.8. The predicted octanol–water partition coefficient (Wildman–Crippen LogP) is 2.29. The topological polar surface area (TPSA) is 126 Å². The first kappa shape index (κ1) is 26.1. The zero-order chi connectivity index (χ0) is 26.4. The van der Waals surface area contributed by atoms with Crippen molar-refractivity contribution in [3.05, 3.63) is 89.9 Å². The first-order valence-electron chi connectivity index (χ1n) is 11.7. The maximum Gasteiger partial charge on any atom is 0.338 e. The number of carbonyl (C=O) groups excluding carboxylic acids is 3. The van der Waals surface area contributed by atoms with Gasteiger partial charge in [0.25, 0.3) is 11.8 Å². The van der Waals surface area contributed by atoms with Gasteiger partial charge in [0.15, 0.2) is 11.9 Å².